The van der Waals surface area contributed by atoms with Gasteiger partial charge in [0.2, 0.25) is 5.91 Å². The van der Waals surface area contributed by atoms with E-state index in [4.69, 9.17) is 9.47 Å². The minimum Gasteiger partial charge on any atom is -0.493 e. The second kappa shape index (κ2) is 9.65. The van der Waals surface area contributed by atoms with Crippen LogP contribution in [0.5, 0.6) is 11.5 Å². The lowest BCUT2D eigenvalue weighted by Crippen LogP contribution is -2.39. The first kappa shape index (κ1) is 17.8. The fraction of sp³-hybridized carbons (Fsp3) is 0.500. The molecule has 0 bridgehead atoms. The molecule has 0 aromatic heterocycles. The van der Waals surface area contributed by atoms with Crippen molar-refractivity contribution in [2.24, 2.45) is 5.92 Å². The first-order valence-corrected chi connectivity index (χ1v) is 7.32. The van der Waals surface area contributed by atoms with E-state index < -0.39 is 0 Å². The Bertz CT molecular complexity index is 489. The molecular weight excluding hydrogens is 284 g/mol. The third-order valence-electron chi connectivity index (χ3n) is 2.92. The highest BCUT2D eigenvalue weighted by Crippen LogP contribution is 2.25. The standard InChI is InChI=1S/C16H24N2O4/c1-12(2)8-9-17-15(19)10-18-16(20)11-22-14-7-5-4-6-13(14)21-3/h4-7,12H,8-11H2,1-3H3,(H,17,19)(H,18,20). The minimum absolute atomic E-state index is 0.0494. The van der Waals surface area contributed by atoms with Crippen LogP contribution in [0.3, 0.4) is 0 Å². The van der Waals surface area contributed by atoms with E-state index >= 15 is 0 Å². The lowest BCUT2D eigenvalue weighted by atomic mass is 10.1. The van der Waals surface area contributed by atoms with E-state index in [9.17, 15) is 9.59 Å². The van der Waals surface area contributed by atoms with E-state index in [1.807, 2.05) is 6.07 Å². The van der Waals surface area contributed by atoms with Gasteiger partial charge in [-0.15, -0.1) is 0 Å². The topological polar surface area (TPSA) is 76.7 Å². The molecule has 22 heavy (non-hydrogen) atoms. The van der Waals surface area contributed by atoms with Gasteiger partial charge in [0.15, 0.2) is 18.1 Å². The first-order valence-electron chi connectivity index (χ1n) is 7.32. The van der Waals surface area contributed by atoms with Gasteiger partial charge in [-0.1, -0.05) is 26.0 Å². The molecule has 1 rings (SSSR count). The number of hydrogen-bond donors (Lipinski definition) is 2. The lowest BCUT2D eigenvalue weighted by Gasteiger charge is -2.11. The molecule has 0 heterocycles. The van der Waals surface area contributed by atoms with Crippen molar-refractivity contribution in [3.63, 3.8) is 0 Å². The molecule has 0 saturated carbocycles. The van der Waals surface area contributed by atoms with Crippen LogP contribution >= 0.6 is 0 Å². The Morgan fingerprint density at radius 1 is 1.09 bits per heavy atom. The average molecular weight is 308 g/mol. The number of amides is 2. The first-order chi connectivity index (χ1) is 10.5. The quantitative estimate of drug-likeness (QED) is 0.722. The minimum atomic E-state index is -0.357. The van der Waals surface area contributed by atoms with Crippen molar-refractivity contribution in [1.29, 1.82) is 0 Å². The highest BCUT2D eigenvalue weighted by molar-refractivity contribution is 5.85. The number of nitrogens with one attached hydrogen (secondary N) is 2. The van der Waals surface area contributed by atoms with E-state index in [0.717, 1.165) is 6.42 Å². The van der Waals surface area contributed by atoms with Crippen molar-refractivity contribution in [1.82, 2.24) is 10.6 Å². The molecule has 6 nitrogen and oxygen atoms in total. The third-order valence-corrected chi connectivity index (χ3v) is 2.92. The molecule has 0 spiro atoms. The SMILES string of the molecule is COc1ccccc1OCC(=O)NCC(=O)NCCC(C)C. The molecule has 0 saturated heterocycles. The van der Waals surface area contributed by atoms with Crippen LogP contribution in [0.2, 0.25) is 0 Å². The zero-order chi connectivity index (χ0) is 16.4. The van der Waals surface area contributed by atoms with Gasteiger partial charge in [0, 0.05) is 6.54 Å². The van der Waals surface area contributed by atoms with Crippen molar-refractivity contribution in [2.75, 3.05) is 26.8 Å². The molecule has 0 aliphatic heterocycles. The van der Waals surface area contributed by atoms with E-state index in [1.165, 1.54) is 7.11 Å². The summed E-state index contributed by atoms with van der Waals surface area (Å²) in [5.41, 5.74) is 0. The van der Waals surface area contributed by atoms with Gasteiger partial charge in [-0.2, -0.15) is 0 Å². The molecule has 0 aliphatic rings. The molecule has 2 amide bonds. The molecule has 1 aromatic carbocycles. The number of para-hydroxylation sites is 2. The number of methoxy groups -OCH3 is 1. The smallest absolute Gasteiger partial charge is 0.258 e. The molecule has 2 N–H and O–H groups in total. The maximum atomic E-state index is 11.6. The van der Waals surface area contributed by atoms with Crippen molar-refractivity contribution in [2.45, 2.75) is 20.3 Å². The van der Waals surface area contributed by atoms with Gasteiger partial charge in [-0.25, -0.2) is 0 Å². The molecule has 0 fully saturated rings. The summed E-state index contributed by atoms with van der Waals surface area (Å²) < 4.78 is 10.5. The maximum Gasteiger partial charge on any atom is 0.258 e. The maximum absolute atomic E-state index is 11.6. The Morgan fingerprint density at radius 2 is 1.77 bits per heavy atom. The van der Waals surface area contributed by atoms with E-state index in [-0.39, 0.29) is 25.0 Å². The van der Waals surface area contributed by atoms with Gasteiger partial charge < -0.3 is 20.1 Å². The van der Waals surface area contributed by atoms with Gasteiger partial charge in [-0.3, -0.25) is 9.59 Å². The zero-order valence-corrected chi connectivity index (χ0v) is 13.3. The number of hydrogen-bond acceptors (Lipinski definition) is 4. The number of carbonyl (C=O) groups is 2. The average Bonchev–Trinajstić information content (AvgIpc) is 2.50. The summed E-state index contributed by atoms with van der Waals surface area (Å²) in [5.74, 6) is 1.02. The van der Waals surface area contributed by atoms with Gasteiger partial charge in [0.25, 0.3) is 5.91 Å². The second-order valence-corrected chi connectivity index (χ2v) is 5.25. The van der Waals surface area contributed by atoms with Crippen molar-refractivity contribution < 1.29 is 19.1 Å². The van der Waals surface area contributed by atoms with Crippen LogP contribution in [-0.2, 0) is 9.59 Å². The van der Waals surface area contributed by atoms with E-state index in [2.05, 4.69) is 24.5 Å². The Morgan fingerprint density at radius 3 is 2.41 bits per heavy atom. The predicted molar refractivity (Wildman–Crippen MR) is 84.0 cm³/mol. The van der Waals surface area contributed by atoms with Crippen LogP contribution in [0.25, 0.3) is 0 Å². The normalized spacial score (nSPS) is 10.2. The number of ether oxygens (including phenoxy) is 2. The zero-order valence-electron chi connectivity index (χ0n) is 13.3. The molecule has 122 valence electrons. The molecule has 0 radical (unpaired) electrons. The summed E-state index contributed by atoms with van der Waals surface area (Å²) in [6.45, 7) is 4.57. The van der Waals surface area contributed by atoms with Gasteiger partial charge in [-0.05, 0) is 24.5 Å². The summed E-state index contributed by atoms with van der Waals surface area (Å²) in [4.78, 5) is 23.2. The molecule has 6 heteroatoms. The van der Waals surface area contributed by atoms with Crippen molar-refractivity contribution in [3.05, 3.63) is 24.3 Å². The van der Waals surface area contributed by atoms with Crippen LogP contribution in [0.15, 0.2) is 24.3 Å². The number of carbonyl (C=O) groups excluding carboxylic acids is 2. The van der Waals surface area contributed by atoms with Gasteiger partial charge in [0.1, 0.15) is 0 Å². The fourth-order valence-electron chi connectivity index (χ4n) is 1.67. The van der Waals surface area contributed by atoms with Gasteiger partial charge in [0.05, 0.1) is 13.7 Å². The van der Waals surface area contributed by atoms with Gasteiger partial charge >= 0.3 is 0 Å². The predicted octanol–water partition coefficient (Wildman–Crippen LogP) is 1.35. The van der Waals surface area contributed by atoms with Crippen LogP contribution < -0.4 is 20.1 Å². The molecule has 1 aromatic rings. The highest BCUT2D eigenvalue weighted by Gasteiger charge is 2.08. The van der Waals surface area contributed by atoms with Crippen LogP contribution in [0, 0.1) is 5.92 Å². The molecule has 0 aliphatic carbocycles. The van der Waals surface area contributed by atoms with Crippen LogP contribution in [0.1, 0.15) is 20.3 Å². The molecular formula is C16H24N2O4. The number of benzene rings is 1. The lowest BCUT2D eigenvalue weighted by molar-refractivity contribution is -0.127. The Kier molecular flexibility index (Phi) is 7.81. The Balaban J connectivity index is 2.24. The number of rotatable bonds is 9. The summed E-state index contributed by atoms with van der Waals surface area (Å²) in [6, 6.07) is 7.06. The Hall–Kier alpha value is -2.24. The second-order valence-electron chi connectivity index (χ2n) is 5.25. The third kappa shape index (κ3) is 6.97. The van der Waals surface area contributed by atoms with Crippen molar-refractivity contribution >= 4 is 11.8 Å². The highest BCUT2D eigenvalue weighted by atomic mass is 16.5. The van der Waals surface area contributed by atoms with E-state index in [0.29, 0.717) is 24.0 Å². The monoisotopic (exact) mass is 308 g/mol. The van der Waals surface area contributed by atoms with Crippen LogP contribution in [0.4, 0.5) is 0 Å². The van der Waals surface area contributed by atoms with E-state index in [1.54, 1.807) is 18.2 Å². The molecule has 0 atom stereocenters. The summed E-state index contributed by atoms with van der Waals surface area (Å²) in [6.07, 6.45) is 0.913. The van der Waals surface area contributed by atoms with Crippen molar-refractivity contribution in [3.8, 4) is 11.5 Å². The fourth-order valence-corrected chi connectivity index (χ4v) is 1.67. The summed E-state index contributed by atoms with van der Waals surface area (Å²) >= 11 is 0. The largest absolute Gasteiger partial charge is 0.493 e. The molecule has 0 unspecified atom stereocenters. The van der Waals surface area contributed by atoms with Crippen LogP contribution in [-0.4, -0.2) is 38.6 Å². The Labute approximate surface area is 131 Å². The summed E-state index contributed by atoms with van der Waals surface area (Å²) in [7, 11) is 1.53. The summed E-state index contributed by atoms with van der Waals surface area (Å²) in [5, 5.41) is 5.26.